The maximum Gasteiger partial charge on any atom is 0.0921 e. The van der Waals surface area contributed by atoms with E-state index in [0.29, 0.717) is 0 Å². The van der Waals surface area contributed by atoms with Crippen LogP contribution in [0.4, 0.5) is 0 Å². The number of hydrogen-bond acceptors (Lipinski definition) is 1. The molecule has 0 bridgehead atoms. The number of rotatable bonds is 7. The van der Waals surface area contributed by atoms with Crippen molar-refractivity contribution >= 4 is 0 Å². The molecule has 80 valence electrons. The predicted molar refractivity (Wildman–Crippen MR) is 60.2 cm³/mol. The van der Waals surface area contributed by atoms with Crippen LogP contribution >= 0.6 is 0 Å². The average Bonchev–Trinajstić information content (AvgIpc) is 2.68. The molecule has 1 unspecified atom stereocenters. The quantitative estimate of drug-likeness (QED) is 0.661. The van der Waals surface area contributed by atoms with Gasteiger partial charge in [-0.2, -0.15) is 0 Å². The van der Waals surface area contributed by atoms with E-state index in [-0.39, 0.29) is 0 Å². The van der Waals surface area contributed by atoms with E-state index in [1.54, 1.807) is 6.33 Å². The molecule has 14 heavy (non-hydrogen) atoms. The van der Waals surface area contributed by atoms with E-state index in [2.05, 4.69) is 23.8 Å². The highest BCUT2D eigenvalue weighted by atomic mass is 14.9. The van der Waals surface area contributed by atoms with Crippen LogP contribution in [0.5, 0.6) is 0 Å². The number of H-pyrrole nitrogens is 1. The highest BCUT2D eigenvalue weighted by Gasteiger charge is 2.02. The van der Waals surface area contributed by atoms with Gasteiger partial charge in [-0.15, -0.1) is 0 Å². The molecule has 0 aromatic carbocycles. The molecule has 0 radical (unpaired) electrons. The van der Waals surface area contributed by atoms with Gasteiger partial charge in [-0.25, -0.2) is 4.98 Å². The molecule has 0 aliphatic heterocycles. The van der Waals surface area contributed by atoms with Gasteiger partial charge in [0, 0.05) is 11.9 Å². The van der Waals surface area contributed by atoms with Gasteiger partial charge in [-0.05, 0) is 18.8 Å². The number of aromatic amines is 1. The summed E-state index contributed by atoms with van der Waals surface area (Å²) in [6, 6.07) is 0. The number of nitrogens with one attached hydrogen (secondary N) is 1. The van der Waals surface area contributed by atoms with E-state index in [1.807, 2.05) is 6.20 Å². The number of nitrogens with zero attached hydrogens (tertiary/aromatic N) is 1. The van der Waals surface area contributed by atoms with Gasteiger partial charge < -0.3 is 4.98 Å². The minimum absolute atomic E-state index is 0.852. The minimum atomic E-state index is 0.852. The van der Waals surface area contributed by atoms with Crippen molar-refractivity contribution in [3.05, 3.63) is 18.2 Å². The molecule has 0 spiro atoms. The molecule has 0 aliphatic rings. The van der Waals surface area contributed by atoms with Crippen molar-refractivity contribution in [2.75, 3.05) is 0 Å². The second-order valence-electron chi connectivity index (χ2n) is 4.22. The number of unbranched alkanes of at least 4 members (excludes halogenated alkanes) is 2. The second kappa shape index (κ2) is 6.63. The van der Waals surface area contributed by atoms with Gasteiger partial charge in [0.25, 0.3) is 0 Å². The van der Waals surface area contributed by atoms with Crippen LogP contribution in [0.3, 0.4) is 0 Å². The zero-order valence-corrected chi connectivity index (χ0v) is 9.42. The van der Waals surface area contributed by atoms with Crippen LogP contribution in [0.25, 0.3) is 0 Å². The highest BCUT2D eigenvalue weighted by molar-refractivity contribution is 4.94. The lowest BCUT2D eigenvalue weighted by Crippen LogP contribution is -1.97. The summed E-state index contributed by atoms with van der Waals surface area (Å²) in [7, 11) is 0. The molecule has 1 heterocycles. The molecule has 1 aromatic heterocycles. The Morgan fingerprint density at radius 2 is 2.21 bits per heavy atom. The zero-order chi connectivity index (χ0) is 10.2. The molecule has 0 saturated heterocycles. The summed E-state index contributed by atoms with van der Waals surface area (Å²) in [5.74, 6) is 0.852. The van der Waals surface area contributed by atoms with Gasteiger partial charge in [-0.1, -0.05) is 39.5 Å². The van der Waals surface area contributed by atoms with E-state index in [0.717, 1.165) is 12.3 Å². The lowest BCUT2D eigenvalue weighted by atomic mass is 9.98. The summed E-state index contributed by atoms with van der Waals surface area (Å²) in [4.78, 5) is 7.17. The van der Waals surface area contributed by atoms with Gasteiger partial charge in [-0.3, -0.25) is 0 Å². The Kier molecular flexibility index (Phi) is 5.35. The first-order valence-corrected chi connectivity index (χ1v) is 5.80. The normalized spacial score (nSPS) is 13.0. The van der Waals surface area contributed by atoms with E-state index in [1.165, 1.54) is 37.8 Å². The number of aromatic nitrogens is 2. The lowest BCUT2D eigenvalue weighted by Gasteiger charge is -2.09. The fourth-order valence-electron chi connectivity index (χ4n) is 1.71. The van der Waals surface area contributed by atoms with Crippen molar-refractivity contribution in [2.45, 2.75) is 52.4 Å². The molecule has 0 saturated carbocycles. The first-order chi connectivity index (χ1) is 6.83. The Bertz CT molecular complexity index is 216. The Morgan fingerprint density at radius 1 is 1.36 bits per heavy atom. The highest BCUT2D eigenvalue weighted by Crippen LogP contribution is 2.14. The summed E-state index contributed by atoms with van der Waals surface area (Å²) in [5.41, 5.74) is 1.27. The van der Waals surface area contributed by atoms with Crippen LogP contribution in [0.2, 0.25) is 0 Å². The van der Waals surface area contributed by atoms with Gasteiger partial charge in [0.05, 0.1) is 6.33 Å². The Morgan fingerprint density at radius 3 is 2.86 bits per heavy atom. The summed E-state index contributed by atoms with van der Waals surface area (Å²) in [5, 5.41) is 0. The van der Waals surface area contributed by atoms with Crippen molar-refractivity contribution in [1.29, 1.82) is 0 Å². The van der Waals surface area contributed by atoms with Crippen molar-refractivity contribution in [2.24, 2.45) is 5.92 Å². The van der Waals surface area contributed by atoms with E-state index in [9.17, 15) is 0 Å². The lowest BCUT2D eigenvalue weighted by molar-refractivity contribution is 0.462. The monoisotopic (exact) mass is 194 g/mol. The second-order valence-corrected chi connectivity index (χ2v) is 4.22. The summed E-state index contributed by atoms with van der Waals surface area (Å²) in [6.07, 6.45) is 11.6. The molecule has 1 aromatic rings. The third-order valence-corrected chi connectivity index (χ3v) is 2.76. The van der Waals surface area contributed by atoms with Crippen LogP contribution in [0.1, 0.15) is 51.6 Å². The third kappa shape index (κ3) is 4.45. The molecular weight excluding hydrogens is 172 g/mol. The van der Waals surface area contributed by atoms with Crippen molar-refractivity contribution in [3.8, 4) is 0 Å². The van der Waals surface area contributed by atoms with Gasteiger partial charge in [0.2, 0.25) is 0 Å². The topological polar surface area (TPSA) is 28.7 Å². The largest absolute Gasteiger partial charge is 0.348 e. The minimum Gasteiger partial charge on any atom is -0.348 e. The summed E-state index contributed by atoms with van der Waals surface area (Å²) < 4.78 is 0. The van der Waals surface area contributed by atoms with Crippen LogP contribution in [0.15, 0.2) is 12.5 Å². The zero-order valence-electron chi connectivity index (χ0n) is 9.42. The van der Waals surface area contributed by atoms with Crippen molar-refractivity contribution in [1.82, 2.24) is 9.97 Å². The molecule has 2 nitrogen and oxygen atoms in total. The first-order valence-electron chi connectivity index (χ1n) is 5.80. The number of hydrogen-bond donors (Lipinski definition) is 1. The van der Waals surface area contributed by atoms with Crippen LogP contribution in [-0.4, -0.2) is 9.97 Å². The molecule has 0 amide bonds. The summed E-state index contributed by atoms with van der Waals surface area (Å²) >= 11 is 0. The average molecular weight is 194 g/mol. The standard InChI is InChI=1S/C12H22N2/c1-3-4-5-6-11(2)7-8-12-9-13-10-14-12/h9-11H,3-8H2,1-2H3,(H,13,14). The molecule has 1 atom stereocenters. The smallest absolute Gasteiger partial charge is 0.0921 e. The van der Waals surface area contributed by atoms with Gasteiger partial charge in [0.1, 0.15) is 0 Å². The molecule has 1 N–H and O–H groups in total. The molecule has 1 rings (SSSR count). The maximum atomic E-state index is 4.02. The predicted octanol–water partition coefficient (Wildman–Crippen LogP) is 3.56. The van der Waals surface area contributed by atoms with E-state index in [4.69, 9.17) is 0 Å². The Hall–Kier alpha value is -0.790. The Labute approximate surface area is 87.1 Å². The van der Waals surface area contributed by atoms with Crippen LogP contribution in [0, 0.1) is 5.92 Å². The molecule has 2 heteroatoms. The van der Waals surface area contributed by atoms with Gasteiger partial charge >= 0.3 is 0 Å². The van der Waals surface area contributed by atoms with Crippen molar-refractivity contribution in [3.63, 3.8) is 0 Å². The van der Waals surface area contributed by atoms with Gasteiger partial charge in [0.15, 0.2) is 0 Å². The van der Waals surface area contributed by atoms with E-state index < -0.39 is 0 Å². The third-order valence-electron chi connectivity index (χ3n) is 2.76. The fourth-order valence-corrected chi connectivity index (χ4v) is 1.71. The molecule has 0 fully saturated rings. The maximum absolute atomic E-state index is 4.02. The van der Waals surface area contributed by atoms with Crippen LogP contribution in [-0.2, 0) is 6.42 Å². The fraction of sp³-hybridized carbons (Fsp3) is 0.750. The number of aryl methyl sites for hydroxylation is 1. The van der Waals surface area contributed by atoms with E-state index >= 15 is 0 Å². The number of imidazole rings is 1. The SMILES string of the molecule is CCCCCC(C)CCc1cnc[nH]1. The Balaban J connectivity index is 2.06. The van der Waals surface area contributed by atoms with Crippen molar-refractivity contribution < 1.29 is 0 Å². The summed E-state index contributed by atoms with van der Waals surface area (Å²) in [6.45, 7) is 4.61. The molecular formula is C12H22N2. The van der Waals surface area contributed by atoms with Crippen LogP contribution < -0.4 is 0 Å². The molecule has 0 aliphatic carbocycles. The first kappa shape index (κ1) is 11.3.